The van der Waals surface area contributed by atoms with E-state index >= 15 is 0 Å². The fraction of sp³-hybridized carbons (Fsp3) is 0.261. The number of aryl methyl sites for hydroxylation is 1. The number of H-pyrrole nitrogens is 1. The molecule has 3 aromatic rings. The van der Waals surface area contributed by atoms with Gasteiger partial charge >= 0.3 is 12.2 Å². The molecule has 0 spiro atoms. The molecule has 1 aromatic heterocycles. The van der Waals surface area contributed by atoms with Crippen molar-refractivity contribution in [2.45, 2.75) is 32.4 Å². The van der Waals surface area contributed by atoms with Gasteiger partial charge in [0.15, 0.2) is 0 Å². The van der Waals surface area contributed by atoms with Crippen molar-refractivity contribution < 1.29 is 18.0 Å². The van der Waals surface area contributed by atoms with Gasteiger partial charge in [-0.2, -0.15) is 13.2 Å². The van der Waals surface area contributed by atoms with E-state index in [-0.39, 0.29) is 18.0 Å². The summed E-state index contributed by atoms with van der Waals surface area (Å²) in [7, 11) is 0. The Kier molecular flexibility index (Phi) is 6.97. The van der Waals surface area contributed by atoms with E-state index in [2.05, 4.69) is 20.6 Å². The van der Waals surface area contributed by atoms with E-state index in [1.54, 1.807) is 37.3 Å². The van der Waals surface area contributed by atoms with Crippen LogP contribution in [0.15, 0.2) is 59.4 Å². The predicted octanol–water partition coefficient (Wildman–Crippen LogP) is 4.94. The maximum atomic E-state index is 12.9. The van der Waals surface area contributed by atoms with Crippen molar-refractivity contribution in [3.05, 3.63) is 81.8 Å². The summed E-state index contributed by atoms with van der Waals surface area (Å²) in [5, 5.41) is 5.36. The third kappa shape index (κ3) is 5.96. The van der Waals surface area contributed by atoms with Crippen LogP contribution in [0.1, 0.15) is 36.6 Å². The number of anilines is 1. The lowest BCUT2D eigenvalue weighted by molar-refractivity contribution is -0.137. The summed E-state index contributed by atoms with van der Waals surface area (Å²) in [5.41, 5.74) is 1.27. The molecule has 0 saturated heterocycles. The normalized spacial score (nSPS) is 12.3. The Hall–Kier alpha value is -3.62. The first-order valence-corrected chi connectivity index (χ1v) is 10.1. The van der Waals surface area contributed by atoms with Crippen molar-refractivity contribution in [2.75, 3.05) is 11.9 Å². The van der Waals surface area contributed by atoms with E-state index in [0.29, 0.717) is 34.8 Å². The fourth-order valence-electron chi connectivity index (χ4n) is 3.13. The number of carbonyl (C=O) groups excluding carboxylic acids is 1. The van der Waals surface area contributed by atoms with Crippen molar-refractivity contribution in [1.82, 2.24) is 15.3 Å². The Labute approximate surface area is 182 Å². The molecule has 2 aromatic carbocycles. The number of alkyl halides is 3. The Balaban J connectivity index is 1.64. The zero-order valence-electron chi connectivity index (χ0n) is 17.6. The van der Waals surface area contributed by atoms with E-state index in [0.717, 1.165) is 12.1 Å². The zero-order chi connectivity index (χ0) is 23.3. The molecule has 3 rings (SSSR count). The number of hydrogen-bond donors (Lipinski definition) is 3. The van der Waals surface area contributed by atoms with Crippen molar-refractivity contribution >= 4 is 11.7 Å². The van der Waals surface area contributed by atoms with Crippen LogP contribution in [-0.2, 0) is 12.6 Å². The van der Waals surface area contributed by atoms with Gasteiger partial charge in [-0.15, -0.1) is 0 Å². The fourth-order valence-corrected chi connectivity index (χ4v) is 3.13. The Morgan fingerprint density at radius 2 is 1.88 bits per heavy atom. The number of amides is 2. The lowest BCUT2D eigenvalue weighted by Gasteiger charge is -2.16. The minimum absolute atomic E-state index is 0.153. The number of rotatable bonds is 6. The predicted molar refractivity (Wildman–Crippen MR) is 117 cm³/mol. The van der Waals surface area contributed by atoms with Gasteiger partial charge in [-0.25, -0.2) is 9.78 Å². The Bertz CT molecular complexity index is 1160. The van der Waals surface area contributed by atoms with Crippen LogP contribution in [0.2, 0.25) is 0 Å². The van der Waals surface area contributed by atoms with Crippen LogP contribution in [0.25, 0.3) is 11.4 Å². The van der Waals surface area contributed by atoms with E-state index in [1.165, 1.54) is 12.1 Å². The average molecular weight is 444 g/mol. The van der Waals surface area contributed by atoms with Crippen molar-refractivity contribution in [1.29, 1.82) is 0 Å². The van der Waals surface area contributed by atoms with Crippen LogP contribution in [0.3, 0.4) is 0 Å². The number of aromatic nitrogens is 2. The maximum absolute atomic E-state index is 12.9. The number of halogens is 3. The average Bonchev–Trinajstić information content (AvgIpc) is 2.76. The molecule has 32 heavy (non-hydrogen) atoms. The first-order valence-electron chi connectivity index (χ1n) is 10.1. The molecular weight excluding hydrogens is 421 g/mol. The van der Waals surface area contributed by atoms with Gasteiger partial charge in [0.25, 0.3) is 5.56 Å². The van der Waals surface area contributed by atoms with Gasteiger partial charge in [0.05, 0.1) is 5.56 Å². The van der Waals surface area contributed by atoms with E-state index in [4.69, 9.17) is 0 Å². The summed E-state index contributed by atoms with van der Waals surface area (Å²) in [5.74, 6) is 0.0806. The van der Waals surface area contributed by atoms with Gasteiger partial charge < -0.3 is 15.6 Å². The van der Waals surface area contributed by atoms with Crippen molar-refractivity contribution in [2.24, 2.45) is 0 Å². The second kappa shape index (κ2) is 9.67. The van der Waals surface area contributed by atoms with Gasteiger partial charge in [0.2, 0.25) is 0 Å². The van der Waals surface area contributed by atoms with Gasteiger partial charge in [-0.1, -0.05) is 44.2 Å². The largest absolute Gasteiger partial charge is 0.416 e. The van der Waals surface area contributed by atoms with Crippen molar-refractivity contribution in [3.63, 3.8) is 0 Å². The molecule has 1 atom stereocenters. The first-order chi connectivity index (χ1) is 15.2. The summed E-state index contributed by atoms with van der Waals surface area (Å²) in [6.45, 7) is 3.79. The highest BCUT2D eigenvalue weighted by molar-refractivity contribution is 5.90. The quantitative estimate of drug-likeness (QED) is 0.503. The molecule has 2 amide bonds. The third-order valence-corrected chi connectivity index (χ3v) is 4.90. The summed E-state index contributed by atoms with van der Waals surface area (Å²) >= 11 is 0. The lowest BCUT2D eigenvalue weighted by atomic mass is 9.99. The standard InChI is InChI=1S/C23H23F3N4O2/c1-3-18-12-20(31)30-21(28-18)16-7-5-9-19(11-16)29-22(32)27-13-14(2)15-6-4-8-17(10-15)23(24,25)26/h4-12,14H,3,13H2,1-2H3,(H2,27,29,32)(H,28,30,31). The third-order valence-electron chi connectivity index (χ3n) is 4.90. The second-order valence-corrected chi connectivity index (χ2v) is 7.38. The SMILES string of the molecule is CCc1cc(=O)[nH]c(-c2cccc(NC(=O)NCC(C)c3cccc(C(F)(F)F)c3)c2)n1. The molecule has 0 fully saturated rings. The number of urea groups is 1. The molecule has 0 aliphatic rings. The van der Waals surface area contributed by atoms with Crippen LogP contribution in [0, 0.1) is 0 Å². The minimum Gasteiger partial charge on any atom is -0.337 e. The summed E-state index contributed by atoms with van der Waals surface area (Å²) in [6, 6.07) is 12.8. The summed E-state index contributed by atoms with van der Waals surface area (Å²) < 4.78 is 38.7. The van der Waals surface area contributed by atoms with Gasteiger partial charge in [0, 0.05) is 29.6 Å². The number of hydrogen-bond acceptors (Lipinski definition) is 3. The molecule has 0 saturated carbocycles. The van der Waals surface area contributed by atoms with Crippen molar-refractivity contribution in [3.8, 4) is 11.4 Å². The molecule has 0 aliphatic carbocycles. The molecular formula is C23H23F3N4O2. The highest BCUT2D eigenvalue weighted by Crippen LogP contribution is 2.31. The van der Waals surface area contributed by atoms with Crippen LogP contribution in [-0.4, -0.2) is 22.5 Å². The van der Waals surface area contributed by atoms with Gasteiger partial charge in [-0.05, 0) is 36.1 Å². The molecule has 1 heterocycles. The topological polar surface area (TPSA) is 86.9 Å². The Morgan fingerprint density at radius 3 is 2.59 bits per heavy atom. The van der Waals surface area contributed by atoms with E-state index in [9.17, 15) is 22.8 Å². The molecule has 3 N–H and O–H groups in total. The van der Waals surface area contributed by atoms with Crippen LogP contribution >= 0.6 is 0 Å². The monoisotopic (exact) mass is 444 g/mol. The first kappa shape index (κ1) is 23.1. The van der Waals surface area contributed by atoms with Crippen LogP contribution < -0.4 is 16.2 Å². The number of benzene rings is 2. The number of nitrogens with one attached hydrogen (secondary N) is 3. The molecule has 0 radical (unpaired) electrons. The van der Waals surface area contributed by atoms with E-state index in [1.807, 2.05) is 6.92 Å². The zero-order valence-corrected chi connectivity index (χ0v) is 17.6. The minimum atomic E-state index is -4.42. The molecule has 168 valence electrons. The highest BCUT2D eigenvalue weighted by atomic mass is 19.4. The molecule has 1 unspecified atom stereocenters. The number of carbonyl (C=O) groups is 1. The van der Waals surface area contributed by atoms with Crippen LogP contribution in [0.5, 0.6) is 0 Å². The maximum Gasteiger partial charge on any atom is 0.416 e. The lowest BCUT2D eigenvalue weighted by Crippen LogP contribution is -2.31. The van der Waals surface area contributed by atoms with Gasteiger partial charge in [0.1, 0.15) is 5.82 Å². The second-order valence-electron chi connectivity index (χ2n) is 7.38. The Morgan fingerprint density at radius 1 is 1.12 bits per heavy atom. The molecule has 9 heteroatoms. The van der Waals surface area contributed by atoms with Crippen LogP contribution in [0.4, 0.5) is 23.7 Å². The number of nitrogens with zero attached hydrogens (tertiary/aromatic N) is 1. The molecule has 0 aliphatic heterocycles. The summed E-state index contributed by atoms with van der Waals surface area (Å²) in [4.78, 5) is 31.2. The summed E-state index contributed by atoms with van der Waals surface area (Å²) in [6.07, 6.45) is -3.80. The molecule has 0 bridgehead atoms. The van der Waals surface area contributed by atoms with E-state index < -0.39 is 17.8 Å². The smallest absolute Gasteiger partial charge is 0.337 e. The highest BCUT2D eigenvalue weighted by Gasteiger charge is 2.30. The number of aromatic amines is 1. The molecule has 6 nitrogen and oxygen atoms in total. The van der Waals surface area contributed by atoms with Gasteiger partial charge in [-0.3, -0.25) is 4.79 Å².